The molecule has 1 aliphatic rings. The van der Waals surface area contributed by atoms with E-state index in [2.05, 4.69) is 13.1 Å². The first kappa shape index (κ1) is 21.3. The second kappa shape index (κ2) is 7.27. The van der Waals surface area contributed by atoms with E-state index in [4.69, 9.17) is 4.74 Å². The van der Waals surface area contributed by atoms with Crippen LogP contribution in [0, 0.1) is 0 Å². The molecule has 138 valence electrons. The Hall–Kier alpha value is 0.290. The monoisotopic (exact) mass is 398 g/mol. The van der Waals surface area contributed by atoms with Gasteiger partial charge in [-0.3, -0.25) is 13.4 Å². The molecule has 0 spiro atoms. The molecule has 5 atom stereocenters. The first-order chi connectivity index (χ1) is 10.2. The summed E-state index contributed by atoms with van der Waals surface area (Å²) in [4.78, 5) is 42.6. The normalized spacial score (nSPS) is 34.0. The number of hydrogen-bond acceptors (Lipinski definition) is 13. The molecule has 0 saturated carbocycles. The van der Waals surface area contributed by atoms with Gasteiger partial charge in [-0.1, -0.05) is 0 Å². The molecule has 23 heavy (non-hydrogen) atoms. The van der Waals surface area contributed by atoms with Crippen LogP contribution in [0.4, 0.5) is 0 Å². The fraction of sp³-hybridized carbons (Fsp3) is 1.00. The van der Waals surface area contributed by atoms with Crippen molar-refractivity contribution in [2.24, 2.45) is 0 Å². The van der Waals surface area contributed by atoms with Crippen LogP contribution in [0.5, 0.6) is 0 Å². The van der Waals surface area contributed by atoms with Crippen LogP contribution < -0.4 is 19.6 Å². The third-order valence-electron chi connectivity index (χ3n) is 2.73. The summed E-state index contributed by atoms with van der Waals surface area (Å²) in [6.07, 6.45) is -1.82. The average Bonchev–Trinajstić information content (AvgIpc) is 2.57. The van der Waals surface area contributed by atoms with Crippen molar-refractivity contribution in [2.45, 2.75) is 31.2 Å². The van der Waals surface area contributed by atoms with Gasteiger partial charge in [-0.05, 0) is 6.92 Å². The summed E-state index contributed by atoms with van der Waals surface area (Å²) in [7, 11) is -17.8. The van der Waals surface area contributed by atoms with Gasteiger partial charge in [0.15, 0.2) is 0 Å². The number of rotatable bonds is 8. The molecule has 0 aromatic heterocycles. The summed E-state index contributed by atoms with van der Waals surface area (Å²) in [6, 6.07) is 0. The molecule has 0 aromatic carbocycles. The van der Waals surface area contributed by atoms with E-state index < -0.39 is 54.5 Å². The smallest absolute Gasteiger partial charge is 0.278 e. The molecule has 16 heteroatoms. The van der Waals surface area contributed by atoms with Crippen LogP contribution in [0.2, 0.25) is 0 Å². The minimum Gasteiger partial charge on any atom is -0.790 e. The lowest BCUT2D eigenvalue weighted by atomic mass is 9.99. The lowest BCUT2D eigenvalue weighted by molar-refractivity contribution is -0.339. The molecule has 1 heterocycles. The van der Waals surface area contributed by atoms with Crippen LogP contribution in [-0.2, 0) is 31.6 Å². The van der Waals surface area contributed by atoms with E-state index in [9.17, 15) is 43.5 Å². The number of phosphoric acid groups is 3. The third kappa shape index (κ3) is 6.60. The summed E-state index contributed by atoms with van der Waals surface area (Å²) >= 11 is 0. The predicted molar refractivity (Wildman–Crippen MR) is 61.9 cm³/mol. The Morgan fingerprint density at radius 2 is 1.74 bits per heavy atom. The number of aliphatic hydroxyl groups is 2. The van der Waals surface area contributed by atoms with E-state index in [1.54, 1.807) is 0 Å². The summed E-state index contributed by atoms with van der Waals surface area (Å²) in [5.41, 5.74) is -1.84. The number of aliphatic hydroxyl groups excluding tert-OH is 2. The van der Waals surface area contributed by atoms with Crippen molar-refractivity contribution in [1.29, 1.82) is 0 Å². The summed E-state index contributed by atoms with van der Waals surface area (Å²) < 4.78 is 48.1. The largest absolute Gasteiger partial charge is 0.790 e. The van der Waals surface area contributed by atoms with E-state index in [0.717, 1.165) is 0 Å². The Morgan fingerprint density at radius 1 is 1.17 bits per heavy atom. The van der Waals surface area contributed by atoms with Gasteiger partial charge in [-0.25, -0.2) is 4.31 Å². The van der Waals surface area contributed by atoms with Gasteiger partial charge in [0.25, 0.3) is 15.6 Å². The van der Waals surface area contributed by atoms with E-state index in [1.165, 1.54) is 6.92 Å². The first-order valence-electron chi connectivity index (χ1n) is 5.88. The molecular formula is C7H13O13P3-4. The SMILES string of the molecule is CC1CC(O)C(CO)(COP(=O)([O-])OP(=O)([O-])OP(=O)([O-])[O-])O1. The zero-order valence-corrected chi connectivity index (χ0v) is 14.2. The van der Waals surface area contributed by atoms with Crippen molar-refractivity contribution >= 4 is 23.5 Å². The van der Waals surface area contributed by atoms with Crippen molar-refractivity contribution in [2.75, 3.05) is 13.2 Å². The van der Waals surface area contributed by atoms with Gasteiger partial charge in [0.1, 0.15) is 5.60 Å². The zero-order valence-electron chi connectivity index (χ0n) is 11.5. The van der Waals surface area contributed by atoms with Gasteiger partial charge < -0.3 is 43.6 Å². The van der Waals surface area contributed by atoms with Gasteiger partial charge in [-0.2, -0.15) is 0 Å². The van der Waals surface area contributed by atoms with E-state index in [-0.39, 0.29) is 6.42 Å². The van der Waals surface area contributed by atoms with Crippen LogP contribution >= 0.6 is 23.5 Å². The molecule has 0 aromatic rings. The van der Waals surface area contributed by atoms with Crippen molar-refractivity contribution in [1.82, 2.24) is 0 Å². The van der Waals surface area contributed by atoms with Crippen LogP contribution in [-0.4, -0.2) is 41.2 Å². The van der Waals surface area contributed by atoms with Gasteiger partial charge >= 0.3 is 0 Å². The lowest BCUT2D eigenvalue weighted by Gasteiger charge is -2.38. The third-order valence-corrected chi connectivity index (χ3v) is 6.38. The molecule has 5 unspecified atom stereocenters. The molecule has 1 saturated heterocycles. The Labute approximate surface area is 130 Å². The number of ether oxygens (including phenoxy) is 1. The van der Waals surface area contributed by atoms with Crippen molar-refractivity contribution in [3.05, 3.63) is 0 Å². The maximum Gasteiger partial charge on any atom is 0.278 e. The molecule has 1 aliphatic heterocycles. The Bertz CT molecular complexity index is 558. The fourth-order valence-corrected chi connectivity index (χ4v) is 4.76. The molecule has 0 bridgehead atoms. The fourth-order valence-electron chi connectivity index (χ4n) is 1.85. The van der Waals surface area contributed by atoms with Crippen LogP contribution in [0.3, 0.4) is 0 Å². The second-order valence-corrected chi connectivity index (χ2v) is 8.93. The van der Waals surface area contributed by atoms with Gasteiger partial charge in [0, 0.05) is 6.42 Å². The molecule has 13 nitrogen and oxygen atoms in total. The Morgan fingerprint density at radius 3 is 2.13 bits per heavy atom. The van der Waals surface area contributed by atoms with Crippen molar-refractivity contribution < 1.29 is 61.4 Å². The van der Waals surface area contributed by atoms with Crippen LogP contribution in [0.25, 0.3) is 0 Å². The van der Waals surface area contributed by atoms with Gasteiger partial charge in [0.05, 0.1) is 33.2 Å². The molecule has 0 amide bonds. The highest BCUT2D eigenvalue weighted by Gasteiger charge is 2.47. The minimum atomic E-state index is -6.07. The highest BCUT2D eigenvalue weighted by Crippen LogP contribution is 2.60. The molecule has 2 N–H and O–H groups in total. The number of hydrogen-bond donors (Lipinski definition) is 2. The standard InChI is InChI=1S/C7H17O13P3/c1-5-2-6(9)7(3-8,18-5)4-17-22(13,14)20-23(15,16)19-21(10,11)12/h5-6,8-9H,2-4H2,1H3,(H,13,14)(H,15,16)(H2,10,11,12)/p-4. The van der Waals surface area contributed by atoms with Crippen LogP contribution in [0.1, 0.15) is 13.3 Å². The maximum absolute atomic E-state index is 11.4. The summed E-state index contributed by atoms with van der Waals surface area (Å²) in [6.45, 7) is -0.365. The Kier molecular flexibility index (Phi) is 6.74. The average molecular weight is 398 g/mol. The highest BCUT2D eigenvalue weighted by atomic mass is 31.3. The van der Waals surface area contributed by atoms with E-state index in [0.29, 0.717) is 0 Å². The zero-order chi connectivity index (χ0) is 18.1. The van der Waals surface area contributed by atoms with Crippen molar-refractivity contribution in [3.63, 3.8) is 0 Å². The Balaban J connectivity index is 2.74. The number of phosphoric ester groups is 1. The molecule has 0 radical (unpaired) electrons. The summed E-state index contributed by atoms with van der Waals surface area (Å²) in [5, 5.41) is 19.0. The topological polar surface area (TPSA) is 221 Å². The minimum absolute atomic E-state index is 0.0483. The molecule has 0 aliphatic carbocycles. The van der Waals surface area contributed by atoms with Crippen LogP contribution in [0.15, 0.2) is 0 Å². The molecule has 1 rings (SSSR count). The van der Waals surface area contributed by atoms with E-state index in [1.807, 2.05) is 0 Å². The summed E-state index contributed by atoms with van der Waals surface area (Å²) in [5.74, 6) is 0. The highest BCUT2D eigenvalue weighted by molar-refractivity contribution is 7.64. The second-order valence-electron chi connectivity index (χ2n) is 4.68. The predicted octanol–water partition coefficient (Wildman–Crippen LogP) is -3.30. The maximum atomic E-state index is 11.4. The van der Waals surface area contributed by atoms with Gasteiger partial charge in [-0.15, -0.1) is 0 Å². The first-order valence-corrected chi connectivity index (χ1v) is 10.3. The van der Waals surface area contributed by atoms with Crippen molar-refractivity contribution in [3.8, 4) is 0 Å². The molecule has 1 fully saturated rings. The van der Waals surface area contributed by atoms with Gasteiger partial charge in [0.2, 0.25) is 0 Å². The quantitative estimate of drug-likeness (QED) is 0.383. The van der Waals surface area contributed by atoms with E-state index >= 15 is 0 Å². The lowest BCUT2D eigenvalue weighted by Crippen LogP contribution is -2.47. The molecular weight excluding hydrogens is 385 g/mol.